The van der Waals surface area contributed by atoms with Crippen molar-refractivity contribution in [2.24, 2.45) is 0 Å². The Hall–Kier alpha value is -2.41. The van der Waals surface area contributed by atoms with Crippen molar-refractivity contribution < 1.29 is 14.1 Å². The van der Waals surface area contributed by atoms with Crippen LogP contribution < -0.4 is 10.6 Å². The molecule has 24 heavy (non-hydrogen) atoms. The molecule has 0 fully saturated rings. The van der Waals surface area contributed by atoms with Gasteiger partial charge in [0.15, 0.2) is 0 Å². The Morgan fingerprint density at radius 2 is 1.96 bits per heavy atom. The number of carbonyl (C=O) groups is 1. The van der Waals surface area contributed by atoms with Gasteiger partial charge in [-0.1, -0.05) is 25.9 Å². The third-order valence-corrected chi connectivity index (χ3v) is 3.26. The highest BCUT2D eigenvalue weighted by Gasteiger charge is 2.22. The van der Waals surface area contributed by atoms with E-state index >= 15 is 0 Å². The third kappa shape index (κ3) is 4.79. The zero-order valence-corrected chi connectivity index (χ0v) is 14.7. The maximum atomic E-state index is 11.8. The van der Waals surface area contributed by atoms with Crippen LogP contribution in [0.3, 0.4) is 0 Å². The second kappa shape index (κ2) is 7.44. The summed E-state index contributed by atoms with van der Waals surface area (Å²) < 4.78 is 10.3. The Morgan fingerprint density at radius 1 is 1.29 bits per heavy atom. The van der Waals surface area contributed by atoms with Crippen molar-refractivity contribution in [2.45, 2.75) is 39.2 Å². The van der Waals surface area contributed by atoms with Gasteiger partial charge in [0.1, 0.15) is 0 Å². The number of hydrogen-bond donors (Lipinski definition) is 2. The van der Waals surface area contributed by atoms with E-state index in [2.05, 4.69) is 20.8 Å². The number of anilines is 1. The molecule has 0 aliphatic rings. The number of amides is 2. The normalized spacial score (nSPS) is 12.7. The lowest BCUT2D eigenvalue weighted by Crippen LogP contribution is -2.38. The summed E-state index contributed by atoms with van der Waals surface area (Å²) in [5, 5.41) is 9.55. The van der Waals surface area contributed by atoms with Crippen molar-refractivity contribution in [2.75, 3.05) is 19.0 Å². The second-order valence-corrected chi connectivity index (χ2v) is 6.71. The van der Waals surface area contributed by atoms with Crippen molar-refractivity contribution in [3.63, 3.8) is 0 Å². The standard InChI is InChI=1S/C17H24N4O3/c1-11(10-23-5)18-16(22)19-13-8-6-12(7-9-13)14-20-15(24-21-14)17(2,3)4/h6-9,11H,10H2,1-5H3,(H2,18,19,22). The van der Waals surface area contributed by atoms with Gasteiger partial charge in [-0.25, -0.2) is 4.79 Å². The number of rotatable bonds is 5. The predicted octanol–water partition coefficient (Wildman–Crippen LogP) is 3.19. The van der Waals surface area contributed by atoms with Gasteiger partial charge in [-0.2, -0.15) is 4.98 Å². The van der Waals surface area contributed by atoms with Gasteiger partial charge < -0.3 is 19.9 Å². The van der Waals surface area contributed by atoms with Crippen LogP contribution in [0.25, 0.3) is 11.4 Å². The number of carbonyl (C=O) groups excluding carboxylic acids is 1. The van der Waals surface area contributed by atoms with Gasteiger partial charge in [-0.15, -0.1) is 0 Å². The van der Waals surface area contributed by atoms with E-state index in [4.69, 9.17) is 9.26 Å². The molecule has 0 aliphatic carbocycles. The highest BCUT2D eigenvalue weighted by atomic mass is 16.5. The van der Waals surface area contributed by atoms with Crippen molar-refractivity contribution >= 4 is 11.7 Å². The molecule has 7 nitrogen and oxygen atoms in total. The fraction of sp³-hybridized carbons (Fsp3) is 0.471. The van der Waals surface area contributed by atoms with Crippen LogP contribution in [0.5, 0.6) is 0 Å². The highest BCUT2D eigenvalue weighted by Crippen LogP contribution is 2.24. The third-order valence-electron chi connectivity index (χ3n) is 3.26. The smallest absolute Gasteiger partial charge is 0.319 e. The first-order valence-electron chi connectivity index (χ1n) is 7.80. The fourth-order valence-electron chi connectivity index (χ4n) is 2.03. The van der Waals surface area contributed by atoms with Crippen molar-refractivity contribution in [3.8, 4) is 11.4 Å². The second-order valence-electron chi connectivity index (χ2n) is 6.71. The van der Waals surface area contributed by atoms with Crippen LogP contribution in [0, 0.1) is 0 Å². The van der Waals surface area contributed by atoms with E-state index in [0.29, 0.717) is 24.0 Å². The Labute approximate surface area is 141 Å². The molecule has 1 heterocycles. The SMILES string of the molecule is COCC(C)NC(=O)Nc1ccc(-c2noc(C(C)(C)C)n2)cc1. The van der Waals surface area contributed by atoms with Crippen LogP contribution >= 0.6 is 0 Å². The number of methoxy groups -OCH3 is 1. The van der Waals surface area contributed by atoms with Gasteiger partial charge in [0, 0.05) is 23.8 Å². The molecule has 0 bridgehead atoms. The molecule has 0 saturated carbocycles. The molecule has 1 aromatic carbocycles. The number of benzene rings is 1. The summed E-state index contributed by atoms with van der Waals surface area (Å²) >= 11 is 0. The Bertz CT molecular complexity index is 674. The first-order valence-corrected chi connectivity index (χ1v) is 7.80. The summed E-state index contributed by atoms with van der Waals surface area (Å²) in [4.78, 5) is 16.3. The van der Waals surface area contributed by atoms with Crippen LogP contribution in [-0.4, -0.2) is 35.9 Å². The number of ether oxygens (including phenoxy) is 1. The fourth-order valence-corrected chi connectivity index (χ4v) is 2.03. The van der Waals surface area contributed by atoms with E-state index in [1.807, 2.05) is 39.8 Å². The van der Waals surface area contributed by atoms with Crippen LogP contribution in [-0.2, 0) is 10.2 Å². The van der Waals surface area contributed by atoms with Crippen LogP contribution in [0.15, 0.2) is 28.8 Å². The van der Waals surface area contributed by atoms with Crippen LogP contribution in [0.4, 0.5) is 10.5 Å². The maximum absolute atomic E-state index is 11.8. The topological polar surface area (TPSA) is 89.3 Å². The summed E-state index contributed by atoms with van der Waals surface area (Å²) in [5.41, 5.74) is 1.32. The lowest BCUT2D eigenvalue weighted by molar-refractivity contribution is 0.173. The number of aromatic nitrogens is 2. The minimum atomic E-state index is -0.276. The zero-order chi connectivity index (χ0) is 17.7. The molecule has 0 radical (unpaired) electrons. The zero-order valence-electron chi connectivity index (χ0n) is 14.7. The average molecular weight is 332 g/mol. The Kier molecular flexibility index (Phi) is 5.56. The van der Waals surface area contributed by atoms with Gasteiger partial charge in [0.2, 0.25) is 11.7 Å². The molecular formula is C17H24N4O3. The molecule has 7 heteroatoms. The lowest BCUT2D eigenvalue weighted by Gasteiger charge is -2.13. The minimum absolute atomic E-state index is 0.0653. The molecular weight excluding hydrogens is 308 g/mol. The minimum Gasteiger partial charge on any atom is -0.383 e. The number of nitrogens with one attached hydrogen (secondary N) is 2. The van der Waals surface area contributed by atoms with E-state index in [1.165, 1.54) is 0 Å². The molecule has 1 unspecified atom stereocenters. The molecule has 0 spiro atoms. The van der Waals surface area contributed by atoms with Gasteiger partial charge in [0.05, 0.1) is 12.6 Å². The lowest BCUT2D eigenvalue weighted by atomic mass is 9.97. The van der Waals surface area contributed by atoms with Gasteiger partial charge >= 0.3 is 6.03 Å². The Balaban J connectivity index is 2.00. The quantitative estimate of drug-likeness (QED) is 0.877. The first kappa shape index (κ1) is 17.9. The summed E-state index contributed by atoms with van der Waals surface area (Å²) in [7, 11) is 1.60. The van der Waals surface area contributed by atoms with E-state index in [0.717, 1.165) is 5.56 Å². The molecule has 130 valence electrons. The molecule has 0 saturated heterocycles. The molecule has 1 atom stereocenters. The van der Waals surface area contributed by atoms with Gasteiger partial charge in [-0.05, 0) is 31.2 Å². The van der Waals surface area contributed by atoms with E-state index in [1.54, 1.807) is 19.2 Å². The van der Waals surface area contributed by atoms with Crippen LogP contribution in [0.2, 0.25) is 0 Å². The number of urea groups is 1. The van der Waals surface area contributed by atoms with Crippen LogP contribution in [0.1, 0.15) is 33.6 Å². The van der Waals surface area contributed by atoms with E-state index in [-0.39, 0.29) is 17.5 Å². The number of nitrogens with zero attached hydrogens (tertiary/aromatic N) is 2. The predicted molar refractivity (Wildman–Crippen MR) is 91.9 cm³/mol. The van der Waals surface area contributed by atoms with Crippen molar-refractivity contribution in [3.05, 3.63) is 30.2 Å². The molecule has 0 aliphatic heterocycles. The largest absolute Gasteiger partial charge is 0.383 e. The van der Waals surface area contributed by atoms with Crippen molar-refractivity contribution in [1.29, 1.82) is 0 Å². The first-order chi connectivity index (χ1) is 11.3. The molecule has 2 rings (SSSR count). The molecule has 2 aromatic rings. The molecule has 2 N–H and O–H groups in total. The van der Waals surface area contributed by atoms with E-state index in [9.17, 15) is 4.79 Å². The summed E-state index contributed by atoms with van der Waals surface area (Å²) in [6, 6.07) is 6.93. The molecule has 1 aromatic heterocycles. The monoisotopic (exact) mass is 332 g/mol. The summed E-state index contributed by atoms with van der Waals surface area (Å²) in [6.07, 6.45) is 0. The Morgan fingerprint density at radius 3 is 2.50 bits per heavy atom. The summed E-state index contributed by atoms with van der Waals surface area (Å²) in [6.45, 7) is 8.37. The van der Waals surface area contributed by atoms with E-state index < -0.39 is 0 Å². The maximum Gasteiger partial charge on any atom is 0.319 e. The van der Waals surface area contributed by atoms with Gasteiger partial charge in [-0.3, -0.25) is 0 Å². The van der Waals surface area contributed by atoms with Crippen molar-refractivity contribution in [1.82, 2.24) is 15.5 Å². The highest BCUT2D eigenvalue weighted by molar-refractivity contribution is 5.89. The molecule has 2 amide bonds. The number of hydrogen-bond acceptors (Lipinski definition) is 5. The average Bonchev–Trinajstić information content (AvgIpc) is 2.98. The van der Waals surface area contributed by atoms with Gasteiger partial charge in [0.25, 0.3) is 0 Å². The summed E-state index contributed by atoms with van der Waals surface area (Å²) in [5.74, 6) is 1.12.